The first kappa shape index (κ1) is 22.2. The quantitative estimate of drug-likeness (QED) is 0.356. The Morgan fingerprint density at radius 1 is 1.09 bits per heavy atom. The number of fused-ring (bicyclic) bond motifs is 1. The third kappa shape index (κ3) is 4.19. The number of methoxy groups -OCH3 is 1. The highest BCUT2D eigenvalue weighted by molar-refractivity contribution is 6.31. The number of benzene rings is 3. The summed E-state index contributed by atoms with van der Waals surface area (Å²) < 4.78 is 11.2. The lowest BCUT2D eigenvalue weighted by Gasteiger charge is -2.38. The summed E-state index contributed by atoms with van der Waals surface area (Å²) in [7, 11) is 1.62. The standard InChI is InChI=1S/C28H25ClN2O3/c1-18-25(30-28(34-18)20-9-7-10-21(16-20)33-2)17-26(32)31-15-14-19-8-3-4-11-22(19)27(31)23-12-5-6-13-24(23)29/h3-13,16,27H,14-15,17H2,1-2H3/t27-/m0/s1. The normalized spacial score (nSPS) is 15.1. The molecule has 1 amide bonds. The van der Waals surface area contributed by atoms with E-state index in [9.17, 15) is 4.79 Å². The zero-order chi connectivity index (χ0) is 23.7. The first-order chi connectivity index (χ1) is 16.5. The number of carbonyl (C=O) groups excluding carboxylic acids is 1. The van der Waals surface area contributed by atoms with Gasteiger partial charge in [0.15, 0.2) is 0 Å². The van der Waals surface area contributed by atoms with Crippen LogP contribution in [0, 0.1) is 6.92 Å². The van der Waals surface area contributed by atoms with Crippen molar-refractivity contribution in [3.63, 3.8) is 0 Å². The summed E-state index contributed by atoms with van der Waals surface area (Å²) in [6.45, 7) is 2.46. The molecule has 0 radical (unpaired) electrons. The predicted molar refractivity (Wildman–Crippen MR) is 132 cm³/mol. The van der Waals surface area contributed by atoms with Crippen LogP contribution in [0.4, 0.5) is 0 Å². The van der Waals surface area contributed by atoms with E-state index in [2.05, 4.69) is 17.1 Å². The van der Waals surface area contributed by atoms with E-state index in [-0.39, 0.29) is 18.4 Å². The monoisotopic (exact) mass is 472 g/mol. The van der Waals surface area contributed by atoms with Crippen LogP contribution >= 0.6 is 11.6 Å². The molecule has 0 saturated heterocycles. The number of oxazole rings is 1. The van der Waals surface area contributed by atoms with Gasteiger partial charge >= 0.3 is 0 Å². The summed E-state index contributed by atoms with van der Waals surface area (Å²) in [5, 5.41) is 0.653. The molecule has 0 aliphatic carbocycles. The van der Waals surface area contributed by atoms with Crippen molar-refractivity contribution in [3.8, 4) is 17.2 Å². The van der Waals surface area contributed by atoms with Gasteiger partial charge in [-0.3, -0.25) is 4.79 Å². The molecule has 0 N–H and O–H groups in total. The number of aryl methyl sites for hydroxylation is 1. The first-order valence-electron chi connectivity index (χ1n) is 11.3. The molecule has 0 saturated carbocycles. The van der Waals surface area contributed by atoms with Gasteiger partial charge in [0, 0.05) is 17.1 Å². The summed E-state index contributed by atoms with van der Waals surface area (Å²) in [5.74, 6) is 1.83. The van der Waals surface area contributed by atoms with E-state index < -0.39 is 0 Å². The van der Waals surface area contributed by atoms with E-state index in [0.29, 0.717) is 28.9 Å². The van der Waals surface area contributed by atoms with Crippen molar-refractivity contribution < 1.29 is 13.9 Å². The minimum absolute atomic E-state index is 0.00647. The highest BCUT2D eigenvalue weighted by atomic mass is 35.5. The SMILES string of the molecule is COc1cccc(-c2nc(CC(=O)N3CCc4ccccc4[C@H]3c3ccccc3Cl)c(C)o2)c1. The molecule has 5 nitrogen and oxygen atoms in total. The van der Waals surface area contributed by atoms with Crippen LogP contribution in [0.2, 0.25) is 5.02 Å². The molecule has 1 aromatic heterocycles. The second-order valence-electron chi connectivity index (χ2n) is 8.39. The number of rotatable bonds is 5. The molecule has 1 aliphatic rings. The molecule has 1 atom stereocenters. The van der Waals surface area contributed by atoms with Gasteiger partial charge in [-0.1, -0.05) is 60.1 Å². The Hall–Kier alpha value is -3.57. The van der Waals surface area contributed by atoms with Crippen LogP contribution < -0.4 is 4.74 Å². The topological polar surface area (TPSA) is 55.6 Å². The largest absolute Gasteiger partial charge is 0.497 e. The van der Waals surface area contributed by atoms with Crippen molar-refractivity contribution in [1.82, 2.24) is 9.88 Å². The third-order valence-electron chi connectivity index (χ3n) is 6.33. The van der Waals surface area contributed by atoms with Gasteiger partial charge in [-0.05, 0) is 54.3 Å². The van der Waals surface area contributed by atoms with Gasteiger partial charge in [0.05, 0.1) is 25.3 Å². The predicted octanol–water partition coefficient (Wildman–Crippen LogP) is 6.03. The van der Waals surface area contributed by atoms with Crippen LogP contribution in [0.5, 0.6) is 5.75 Å². The second-order valence-corrected chi connectivity index (χ2v) is 8.80. The van der Waals surface area contributed by atoms with Crippen molar-refractivity contribution in [2.75, 3.05) is 13.7 Å². The average Bonchev–Trinajstić information content (AvgIpc) is 3.23. The molecule has 0 unspecified atom stereocenters. The zero-order valence-electron chi connectivity index (χ0n) is 19.1. The number of aromatic nitrogens is 1. The maximum Gasteiger partial charge on any atom is 0.229 e. The number of halogens is 1. The van der Waals surface area contributed by atoms with E-state index in [0.717, 1.165) is 28.9 Å². The molecule has 6 heteroatoms. The third-order valence-corrected chi connectivity index (χ3v) is 6.68. The molecule has 2 heterocycles. The molecule has 0 bridgehead atoms. The number of hydrogen-bond donors (Lipinski definition) is 0. The Kier molecular flexibility index (Phi) is 6.12. The molecule has 34 heavy (non-hydrogen) atoms. The van der Waals surface area contributed by atoms with Gasteiger partial charge in [0.1, 0.15) is 11.5 Å². The summed E-state index contributed by atoms with van der Waals surface area (Å²) in [6.07, 6.45) is 0.956. The molecule has 172 valence electrons. The lowest BCUT2D eigenvalue weighted by Crippen LogP contribution is -2.41. The van der Waals surface area contributed by atoms with E-state index in [1.165, 1.54) is 5.56 Å². The molecule has 0 fully saturated rings. The molecule has 1 aliphatic heterocycles. The van der Waals surface area contributed by atoms with E-state index >= 15 is 0 Å². The van der Waals surface area contributed by atoms with Crippen molar-refractivity contribution in [3.05, 3.63) is 106 Å². The van der Waals surface area contributed by atoms with Gasteiger partial charge < -0.3 is 14.1 Å². The Morgan fingerprint density at radius 3 is 2.65 bits per heavy atom. The summed E-state index contributed by atoms with van der Waals surface area (Å²) in [5.41, 5.74) is 4.73. The van der Waals surface area contributed by atoms with Crippen molar-refractivity contribution in [2.45, 2.75) is 25.8 Å². The maximum absolute atomic E-state index is 13.7. The van der Waals surface area contributed by atoms with Crippen molar-refractivity contribution in [1.29, 1.82) is 0 Å². The Morgan fingerprint density at radius 2 is 1.85 bits per heavy atom. The Labute approximate surface area is 204 Å². The van der Waals surface area contributed by atoms with Gasteiger partial charge in [0.25, 0.3) is 0 Å². The van der Waals surface area contributed by atoms with Crippen LogP contribution in [0.1, 0.15) is 34.2 Å². The number of carbonyl (C=O) groups is 1. The molecule has 4 aromatic rings. The van der Waals surface area contributed by atoms with Crippen LogP contribution in [0.15, 0.2) is 77.2 Å². The zero-order valence-corrected chi connectivity index (χ0v) is 19.9. The van der Waals surface area contributed by atoms with Crippen LogP contribution in [0.3, 0.4) is 0 Å². The number of hydrogen-bond acceptors (Lipinski definition) is 4. The van der Waals surface area contributed by atoms with Gasteiger partial charge in [-0.2, -0.15) is 0 Å². The minimum atomic E-state index is -0.240. The molecular weight excluding hydrogens is 448 g/mol. The van der Waals surface area contributed by atoms with Gasteiger partial charge in [-0.25, -0.2) is 4.98 Å². The smallest absolute Gasteiger partial charge is 0.229 e. The second kappa shape index (κ2) is 9.35. The van der Waals surface area contributed by atoms with E-state index in [1.54, 1.807) is 7.11 Å². The lowest BCUT2D eigenvalue weighted by molar-refractivity contribution is -0.132. The summed E-state index contributed by atoms with van der Waals surface area (Å²) >= 11 is 6.60. The fourth-order valence-corrected chi connectivity index (χ4v) is 4.82. The fraction of sp³-hybridized carbons (Fsp3) is 0.214. The summed E-state index contributed by atoms with van der Waals surface area (Å²) in [6, 6.07) is 23.3. The van der Waals surface area contributed by atoms with Crippen LogP contribution in [-0.4, -0.2) is 29.4 Å². The molecule has 0 spiro atoms. The van der Waals surface area contributed by atoms with Crippen LogP contribution in [0.25, 0.3) is 11.5 Å². The number of amides is 1. The van der Waals surface area contributed by atoms with Crippen molar-refractivity contribution >= 4 is 17.5 Å². The van der Waals surface area contributed by atoms with Crippen molar-refractivity contribution in [2.24, 2.45) is 0 Å². The fourth-order valence-electron chi connectivity index (χ4n) is 4.58. The summed E-state index contributed by atoms with van der Waals surface area (Å²) in [4.78, 5) is 20.2. The van der Waals surface area contributed by atoms with Crippen LogP contribution in [-0.2, 0) is 17.6 Å². The van der Waals surface area contributed by atoms with E-state index in [4.69, 9.17) is 20.8 Å². The maximum atomic E-state index is 13.7. The van der Waals surface area contributed by atoms with Gasteiger partial charge in [-0.15, -0.1) is 0 Å². The highest BCUT2D eigenvalue weighted by Gasteiger charge is 2.33. The van der Waals surface area contributed by atoms with Gasteiger partial charge in [0.2, 0.25) is 11.8 Å². The van der Waals surface area contributed by atoms with E-state index in [1.807, 2.05) is 72.5 Å². The Balaban J connectivity index is 1.46. The minimum Gasteiger partial charge on any atom is -0.497 e. The first-order valence-corrected chi connectivity index (χ1v) is 11.7. The molecule has 5 rings (SSSR count). The number of ether oxygens (including phenoxy) is 1. The highest BCUT2D eigenvalue weighted by Crippen LogP contribution is 2.38. The lowest BCUT2D eigenvalue weighted by atomic mass is 9.88. The molecular formula is C28H25ClN2O3. The Bertz CT molecular complexity index is 1350. The molecule has 3 aromatic carbocycles. The number of nitrogens with zero attached hydrogens (tertiary/aromatic N) is 2. The average molecular weight is 473 g/mol.